The largest absolute Gasteiger partial charge is 0.423 e. The number of halogens is 1. The number of rotatable bonds is 4. The van der Waals surface area contributed by atoms with Gasteiger partial charge in [-0.1, -0.05) is 41.9 Å². The van der Waals surface area contributed by atoms with Crippen LogP contribution in [0, 0.1) is 0 Å². The van der Waals surface area contributed by atoms with Crippen LogP contribution < -0.4 is 4.74 Å². The third-order valence-corrected chi connectivity index (χ3v) is 4.70. The summed E-state index contributed by atoms with van der Waals surface area (Å²) in [4.78, 5) is 50.0. The van der Waals surface area contributed by atoms with Crippen LogP contribution >= 0.6 is 11.6 Å². The number of likely N-dealkylation sites (N-methyl/N-ethyl adjacent to an activating group) is 2. The van der Waals surface area contributed by atoms with Crippen molar-refractivity contribution in [3.05, 3.63) is 76.3 Å². The van der Waals surface area contributed by atoms with Crippen molar-refractivity contribution in [3.63, 3.8) is 0 Å². The van der Waals surface area contributed by atoms with Gasteiger partial charge in [-0.3, -0.25) is 19.4 Å². The molecule has 1 aliphatic heterocycles. The topological polar surface area (TPSA) is 84.0 Å². The maximum Gasteiger partial charge on any atom is 0.336 e. The molecule has 1 aliphatic rings. The van der Waals surface area contributed by atoms with Crippen molar-refractivity contribution in [2.45, 2.75) is 0 Å². The molecule has 0 aromatic heterocycles. The zero-order chi connectivity index (χ0) is 21.8. The van der Waals surface area contributed by atoms with Gasteiger partial charge in [-0.15, -0.1) is 0 Å². The minimum absolute atomic E-state index is 0.132. The van der Waals surface area contributed by atoms with Crippen LogP contribution in [0.2, 0.25) is 5.02 Å². The van der Waals surface area contributed by atoms with Crippen LogP contribution in [0.4, 0.5) is 4.79 Å². The van der Waals surface area contributed by atoms with E-state index in [0.29, 0.717) is 16.1 Å². The number of carbonyl (C=O) groups is 4. The molecule has 0 unspecified atom stereocenters. The minimum atomic E-state index is -0.686. The van der Waals surface area contributed by atoms with E-state index >= 15 is 0 Å². The summed E-state index contributed by atoms with van der Waals surface area (Å²) >= 11 is 6.03. The van der Waals surface area contributed by atoms with E-state index < -0.39 is 23.8 Å². The Morgan fingerprint density at radius 1 is 0.933 bits per heavy atom. The van der Waals surface area contributed by atoms with E-state index in [0.717, 1.165) is 9.80 Å². The van der Waals surface area contributed by atoms with Crippen molar-refractivity contribution in [3.8, 4) is 5.75 Å². The summed E-state index contributed by atoms with van der Waals surface area (Å²) < 4.78 is 5.23. The number of hydrogen-bond acceptors (Lipinski definition) is 5. The highest BCUT2D eigenvalue weighted by Gasteiger charge is 2.37. The molecule has 7 nitrogen and oxygen atoms in total. The fourth-order valence-corrected chi connectivity index (χ4v) is 2.89. The number of ether oxygens (including phenoxy) is 1. The normalized spacial score (nSPS) is 14.5. The van der Waals surface area contributed by atoms with Crippen LogP contribution in [-0.4, -0.2) is 47.7 Å². The van der Waals surface area contributed by atoms with Crippen LogP contribution in [0.1, 0.15) is 11.1 Å². The summed E-state index contributed by atoms with van der Waals surface area (Å²) in [5, 5.41) is 0.517. The molecule has 0 saturated carbocycles. The molecule has 3 rings (SSSR count). The molecule has 1 fully saturated rings. The molecule has 8 heteroatoms. The zero-order valence-corrected chi connectivity index (χ0v) is 16.9. The number of nitrogens with zero attached hydrogens (tertiary/aromatic N) is 2. The molecule has 152 valence electrons. The van der Waals surface area contributed by atoms with Gasteiger partial charge in [0.15, 0.2) is 0 Å². The Hall–Kier alpha value is -3.71. The van der Waals surface area contributed by atoms with Crippen molar-refractivity contribution in [2.75, 3.05) is 14.1 Å². The molecular formula is C22H17ClN2O5. The number of imide groups is 2. The van der Waals surface area contributed by atoms with Gasteiger partial charge < -0.3 is 4.74 Å². The van der Waals surface area contributed by atoms with Crippen molar-refractivity contribution in [1.29, 1.82) is 0 Å². The summed E-state index contributed by atoms with van der Waals surface area (Å²) in [5.41, 5.74) is 1.09. The van der Waals surface area contributed by atoms with Crippen molar-refractivity contribution < 1.29 is 23.9 Å². The van der Waals surface area contributed by atoms with Gasteiger partial charge in [-0.05, 0) is 41.5 Å². The first-order chi connectivity index (χ1) is 14.3. The van der Waals surface area contributed by atoms with Crippen molar-refractivity contribution in [2.24, 2.45) is 0 Å². The average molecular weight is 425 g/mol. The fourth-order valence-electron chi connectivity index (χ4n) is 2.69. The third kappa shape index (κ3) is 4.47. The van der Waals surface area contributed by atoms with Crippen LogP contribution in [0.25, 0.3) is 12.2 Å². The number of benzene rings is 2. The molecule has 0 spiro atoms. The van der Waals surface area contributed by atoms with Gasteiger partial charge >= 0.3 is 12.0 Å². The van der Waals surface area contributed by atoms with Crippen LogP contribution in [-0.2, 0) is 14.4 Å². The first kappa shape index (κ1) is 21.0. The van der Waals surface area contributed by atoms with E-state index in [-0.39, 0.29) is 11.3 Å². The molecule has 0 bridgehead atoms. The second kappa shape index (κ2) is 8.75. The average Bonchev–Trinajstić information content (AvgIpc) is 2.74. The second-order valence-electron chi connectivity index (χ2n) is 6.41. The summed E-state index contributed by atoms with van der Waals surface area (Å²) in [6.07, 6.45) is 4.20. The molecule has 0 atom stereocenters. The highest BCUT2D eigenvalue weighted by Crippen LogP contribution is 2.20. The molecule has 2 aromatic rings. The molecule has 1 heterocycles. The first-order valence-electron chi connectivity index (χ1n) is 8.84. The zero-order valence-electron chi connectivity index (χ0n) is 16.2. The van der Waals surface area contributed by atoms with Gasteiger partial charge in [-0.25, -0.2) is 9.59 Å². The molecule has 1 saturated heterocycles. The lowest BCUT2D eigenvalue weighted by molar-refractivity contribution is -0.134. The van der Waals surface area contributed by atoms with E-state index in [9.17, 15) is 19.2 Å². The predicted octanol–water partition coefficient (Wildman–Crippen LogP) is 3.39. The second-order valence-corrected chi connectivity index (χ2v) is 6.82. The van der Waals surface area contributed by atoms with E-state index in [1.807, 2.05) is 0 Å². The SMILES string of the molecule is CN1C(=O)C(=Cc2ccc(OC(=O)/C=C/c3ccccc3Cl)cc2)C(=O)N(C)C1=O. The molecule has 4 amide bonds. The molecule has 30 heavy (non-hydrogen) atoms. The summed E-state index contributed by atoms with van der Waals surface area (Å²) in [7, 11) is 2.61. The molecule has 0 aliphatic carbocycles. The lowest BCUT2D eigenvalue weighted by Crippen LogP contribution is -2.52. The van der Waals surface area contributed by atoms with Gasteiger partial charge in [0.05, 0.1) is 0 Å². The van der Waals surface area contributed by atoms with E-state index in [1.165, 1.54) is 38.4 Å². The highest BCUT2D eigenvalue weighted by atomic mass is 35.5. The highest BCUT2D eigenvalue weighted by molar-refractivity contribution is 6.32. The number of amides is 4. The smallest absolute Gasteiger partial charge is 0.336 e. The van der Waals surface area contributed by atoms with Gasteiger partial charge in [-0.2, -0.15) is 0 Å². The Morgan fingerprint density at radius 2 is 1.53 bits per heavy atom. The monoisotopic (exact) mass is 424 g/mol. The number of barbiturate groups is 1. The quantitative estimate of drug-likeness (QED) is 0.325. The van der Waals surface area contributed by atoms with E-state index in [4.69, 9.17) is 16.3 Å². The summed E-state index contributed by atoms with van der Waals surface area (Å²) in [5.74, 6) is -1.65. The Kier molecular flexibility index (Phi) is 6.13. The third-order valence-electron chi connectivity index (χ3n) is 4.36. The number of urea groups is 1. The fraction of sp³-hybridized carbons (Fsp3) is 0.0909. The Bertz CT molecular complexity index is 1060. The molecular weight excluding hydrogens is 408 g/mol. The van der Waals surface area contributed by atoms with Crippen LogP contribution in [0.3, 0.4) is 0 Å². The lowest BCUT2D eigenvalue weighted by atomic mass is 10.1. The van der Waals surface area contributed by atoms with Crippen molar-refractivity contribution in [1.82, 2.24) is 9.80 Å². The minimum Gasteiger partial charge on any atom is -0.423 e. The molecule has 0 radical (unpaired) electrons. The Labute approximate surface area is 177 Å². The van der Waals surface area contributed by atoms with E-state index in [1.54, 1.807) is 42.5 Å². The van der Waals surface area contributed by atoms with Gasteiger partial charge in [0.2, 0.25) is 0 Å². The predicted molar refractivity (Wildman–Crippen MR) is 111 cm³/mol. The molecule has 2 aromatic carbocycles. The Balaban J connectivity index is 1.70. The standard InChI is InChI=1S/C22H17ClN2O5/c1-24-20(27)17(21(28)25(2)22(24)29)13-14-7-10-16(11-8-14)30-19(26)12-9-15-5-3-4-6-18(15)23/h3-13H,1-2H3/b12-9+. The van der Waals surface area contributed by atoms with Gasteiger partial charge in [0.1, 0.15) is 11.3 Å². The maximum atomic E-state index is 12.2. The number of hydrogen-bond donors (Lipinski definition) is 0. The lowest BCUT2D eigenvalue weighted by Gasteiger charge is -2.28. The summed E-state index contributed by atoms with van der Waals surface area (Å²) in [6, 6.07) is 12.6. The van der Waals surface area contributed by atoms with Gasteiger partial charge in [0.25, 0.3) is 11.8 Å². The summed E-state index contributed by atoms with van der Waals surface area (Å²) in [6.45, 7) is 0. The first-order valence-corrected chi connectivity index (χ1v) is 9.22. The Morgan fingerprint density at radius 3 is 2.13 bits per heavy atom. The number of esters is 1. The van der Waals surface area contributed by atoms with Crippen molar-refractivity contribution >= 4 is 47.6 Å². The maximum absolute atomic E-state index is 12.2. The van der Waals surface area contributed by atoms with E-state index in [2.05, 4.69) is 0 Å². The number of carbonyl (C=O) groups excluding carboxylic acids is 4. The van der Waals surface area contributed by atoms with Crippen LogP contribution in [0.15, 0.2) is 60.2 Å². The molecule has 0 N–H and O–H groups in total. The van der Waals surface area contributed by atoms with Crippen LogP contribution in [0.5, 0.6) is 5.75 Å². The van der Waals surface area contributed by atoms with Gasteiger partial charge in [0, 0.05) is 25.2 Å².